The van der Waals surface area contributed by atoms with Crippen LogP contribution in [0.2, 0.25) is 0 Å². The zero-order valence-electron chi connectivity index (χ0n) is 13.6. The standard InChI is InChI=1S/C18H19NO4S/c1-13-9-10-24-16(13)7-8-18(21)23-12-17(20)19-11-14-5-3-4-6-15(14)22-2/h3-10H,11-12H2,1-2H3,(H,19,20)/b8-7+. The highest BCUT2D eigenvalue weighted by Crippen LogP contribution is 2.17. The lowest BCUT2D eigenvalue weighted by atomic mass is 10.2. The van der Waals surface area contributed by atoms with Gasteiger partial charge in [0, 0.05) is 23.1 Å². The first kappa shape index (κ1) is 17.7. The Kier molecular flexibility index (Phi) is 6.57. The van der Waals surface area contributed by atoms with Crippen molar-refractivity contribution in [2.24, 2.45) is 0 Å². The van der Waals surface area contributed by atoms with Crippen molar-refractivity contribution < 1.29 is 19.1 Å². The van der Waals surface area contributed by atoms with Crippen LogP contribution in [0.5, 0.6) is 5.75 Å². The number of esters is 1. The fraction of sp³-hybridized carbons (Fsp3) is 0.222. The summed E-state index contributed by atoms with van der Waals surface area (Å²) in [6, 6.07) is 9.37. The predicted molar refractivity (Wildman–Crippen MR) is 93.9 cm³/mol. The van der Waals surface area contributed by atoms with Crippen LogP contribution >= 0.6 is 11.3 Å². The third-order valence-electron chi connectivity index (χ3n) is 3.29. The third-order valence-corrected chi connectivity index (χ3v) is 4.27. The fourth-order valence-electron chi connectivity index (χ4n) is 1.98. The summed E-state index contributed by atoms with van der Waals surface area (Å²) in [7, 11) is 1.57. The number of aryl methyl sites for hydroxylation is 1. The number of rotatable bonds is 7. The van der Waals surface area contributed by atoms with Gasteiger partial charge in [-0.3, -0.25) is 4.79 Å². The van der Waals surface area contributed by atoms with Crippen molar-refractivity contribution in [1.29, 1.82) is 0 Å². The molecule has 0 aliphatic heterocycles. The Morgan fingerprint density at radius 1 is 1.25 bits per heavy atom. The summed E-state index contributed by atoms with van der Waals surface area (Å²) in [5.74, 6) is -0.214. The highest BCUT2D eigenvalue weighted by atomic mass is 32.1. The van der Waals surface area contributed by atoms with Crippen molar-refractivity contribution in [3.63, 3.8) is 0 Å². The van der Waals surface area contributed by atoms with Crippen LogP contribution in [0, 0.1) is 6.92 Å². The number of thiophene rings is 1. The maximum absolute atomic E-state index is 11.8. The Morgan fingerprint density at radius 2 is 2.04 bits per heavy atom. The number of hydrogen-bond acceptors (Lipinski definition) is 5. The number of benzene rings is 1. The molecule has 0 spiro atoms. The zero-order valence-corrected chi connectivity index (χ0v) is 14.4. The van der Waals surface area contributed by atoms with Gasteiger partial charge in [0.25, 0.3) is 5.91 Å². The highest BCUT2D eigenvalue weighted by Gasteiger charge is 2.07. The van der Waals surface area contributed by atoms with Gasteiger partial charge in [-0.15, -0.1) is 11.3 Å². The molecule has 0 radical (unpaired) electrons. The Bertz CT molecular complexity index is 736. The highest BCUT2D eigenvalue weighted by molar-refractivity contribution is 7.11. The second kappa shape index (κ2) is 8.88. The van der Waals surface area contributed by atoms with Gasteiger partial charge in [0.2, 0.25) is 0 Å². The quantitative estimate of drug-likeness (QED) is 0.619. The molecule has 5 nitrogen and oxygen atoms in total. The maximum Gasteiger partial charge on any atom is 0.331 e. The second-order valence-electron chi connectivity index (χ2n) is 5.00. The lowest BCUT2D eigenvalue weighted by molar-refractivity contribution is -0.143. The second-order valence-corrected chi connectivity index (χ2v) is 5.95. The Hall–Kier alpha value is -2.60. The molecular formula is C18H19NO4S. The summed E-state index contributed by atoms with van der Waals surface area (Å²) in [5.41, 5.74) is 1.95. The molecule has 1 aromatic carbocycles. The SMILES string of the molecule is COc1ccccc1CNC(=O)COC(=O)/C=C/c1sccc1C. The fourth-order valence-corrected chi connectivity index (χ4v) is 2.80. The van der Waals surface area contributed by atoms with Gasteiger partial charge in [-0.1, -0.05) is 18.2 Å². The predicted octanol–water partition coefficient (Wildman–Crippen LogP) is 2.94. The van der Waals surface area contributed by atoms with Gasteiger partial charge in [0.15, 0.2) is 6.61 Å². The first-order valence-corrected chi connectivity index (χ1v) is 8.25. The Morgan fingerprint density at radius 3 is 2.75 bits per heavy atom. The molecule has 0 aliphatic carbocycles. The van der Waals surface area contributed by atoms with Gasteiger partial charge >= 0.3 is 5.97 Å². The van der Waals surface area contributed by atoms with Gasteiger partial charge in [-0.2, -0.15) is 0 Å². The van der Waals surface area contributed by atoms with Gasteiger partial charge in [-0.05, 0) is 36.1 Å². The van der Waals surface area contributed by atoms with E-state index in [1.165, 1.54) is 17.4 Å². The number of amides is 1. The van der Waals surface area contributed by atoms with Crippen LogP contribution in [0.15, 0.2) is 41.8 Å². The smallest absolute Gasteiger partial charge is 0.331 e. The zero-order chi connectivity index (χ0) is 17.4. The van der Waals surface area contributed by atoms with Crippen molar-refractivity contribution in [1.82, 2.24) is 5.32 Å². The van der Waals surface area contributed by atoms with E-state index in [0.29, 0.717) is 12.3 Å². The molecular weight excluding hydrogens is 326 g/mol. The lowest BCUT2D eigenvalue weighted by Crippen LogP contribution is -2.28. The van der Waals surface area contributed by atoms with Crippen molar-refractivity contribution in [2.75, 3.05) is 13.7 Å². The topological polar surface area (TPSA) is 64.6 Å². The summed E-state index contributed by atoms with van der Waals surface area (Å²) >= 11 is 1.54. The molecule has 0 saturated carbocycles. The molecule has 0 fully saturated rings. The largest absolute Gasteiger partial charge is 0.496 e. The minimum absolute atomic E-state index is 0.310. The molecule has 2 aromatic rings. The van der Waals surface area contributed by atoms with E-state index >= 15 is 0 Å². The van der Waals surface area contributed by atoms with Crippen LogP contribution in [0.1, 0.15) is 16.0 Å². The van der Waals surface area contributed by atoms with Crippen LogP contribution in [0.25, 0.3) is 6.08 Å². The van der Waals surface area contributed by atoms with E-state index in [1.807, 2.05) is 42.6 Å². The first-order valence-electron chi connectivity index (χ1n) is 7.37. The van der Waals surface area contributed by atoms with E-state index in [4.69, 9.17) is 9.47 Å². The third kappa shape index (κ3) is 5.24. The van der Waals surface area contributed by atoms with Crippen LogP contribution in [-0.2, 0) is 20.9 Å². The normalized spacial score (nSPS) is 10.6. The average molecular weight is 345 g/mol. The van der Waals surface area contributed by atoms with Crippen LogP contribution in [0.3, 0.4) is 0 Å². The summed E-state index contributed by atoms with van der Waals surface area (Å²) in [4.78, 5) is 24.4. The average Bonchev–Trinajstić information content (AvgIpc) is 3.01. The van der Waals surface area contributed by atoms with E-state index in [9.17, 15) is 9.59 Å². The van der Waals surface area contributed by atoms with Crippen molar-refractivity contribution >= 4 is 29.3 Å². The molecule has 6 heteroatoms. The minimum Gasteiger partial charge on any atom is -0.496 e. The molecule has 1 amide bonds. The molecule has 0 bridgehead atoms. The van der Waals surface area contributed by atoms with Crippen LogP contribution in [-0.4, -0.2) is 25.6 Å². The molecule has 1 heterocycles. The number of methoxy groups -OCH3 is 1. The van der Waals surface area contributed by atoms with Crippen molar-refractivity contribution in [3.05, 3.63) is 57.8 Å². The number of carbonyl (C=O) groups excluding carboxylic acids is 2. The molecule has 0 aliphatic rings. The molecule has 0 unspecified atom stereocenters. The number of para-hydroxylation sites is 1. The molecule has 0 saturated heterocycles. The van der Waals surface area contributed by atoms with Gasteiger partial charge in [-0.25, -0.2) is 4.79 Å². The number of ether oxygens (including phenoxy) is 2. The Labute approximate surface area is 144 Å². The molecule has 1 aromatic heterocycles. The van der Waals surface area contributed by atoms with E-state index in [2.05, 4.69) is 5.32 Å². The first-order chi connectivity index (χ1) is 11.6. The van der Waals surface area contributed by atoms with Crippen molar-refractivity contribution in [3.8, 4) is 5.75 Å². The lowest BCUT2D eigenvalue weighted by Gasteiger charge is -2.09. The summed E-state index contributed by atoms with van der Waals surface area (Å²) in [5, 5.41) is 4.64. The van der Waals surface area contributed by atoms with E-state index in [-0.39, 0.29) is 12.5 Å². The van der Waals surface area contributed by atoms with Crippen LogP contribution < -0.4 is 10.1 Å². The maximum atomic E-state index is 11.8. The van der Waals surface area contributed by atoms with Gasteiger partial charge < -0.3 is 14.8 Å². The van der Waals surface area contributed by atoms with E-state index in [0.717, 1.165) is 16.0 Å². The monoisotopic (exact) mass is 345 g/mol. The number of nitrogens with one attached hydrogen (secondary N) is 1. The van der Waals surface area contributed by atoms with E-state index in [1.54, 1.807) is 13.2 Å². The Balaban J connectivity index is 1.76. The molecule has 24 heavy (non-hydrogen) atoms. The summed E-state index contributed by atoms with van der Waals surface area (Å²) in [6.45, 7) is 1.96. The number of hydrogen-bond donors (Lipinski definition) is 1. The summed E-state index contributed by atoms with van der Waals surface area (Å²) in [6.07, 6.45) is 3.02. The van der Waals surface area contributed by atoms with Crippen LogP contribution in [0.4, 0.5) is 0 Å². The van der Waals surface area contributed by atoms with Gasteiger partial charge in [0.05, 0.1) is 7.11 Å². The number of carbonyl (C=O) groups is 2. The van der Waals surface area contributed by atoms with E-state index < -0.39 is 5.97 Å². The van der Waals surface area contributed by atoms with Crippen molar-refractivity contribution in [2.45, 2.75) is 13.5 Å². The summed E-state index contributed by atoms with van der Waals surface area (Å²) < 4.78 is 10.1. The van der Waals surface area contributed by atoms with Gasteiger partial charge in [0.1, 0.15) is 5.75 Å². The molecule has 1 N–H and O–H groups in total. The molecule has 0 atom stereocenters. The molecule has 2 rings (SSSR count). The minimum atomic E-state index is -0.546. The molecule has 126 valence electrons.